The van der Waals surface area contributed by atoms with Gasteiger partial charge in [0.05, 0.1) is 33.8 Å². The second kappa shape index (κ2) is 11.3. The Balaban J connectivity index is 1.59. The van der Waals surface area contributed by atoms with Crippen molar-refractivity contribution >= 4 is 55.0 Å². The first kappa shape index (κ1) is 29.4. The van der Waals surface area contributed by atoms with E-state index >= 15 is 0 Å². The van der Waals surface area contributed by atoms with E-state index in [4.69, 9.17) is 16.3 Å². The third-order valence-corrected chi connectivity index (χ3v) is 9.89. The number of carbonyl (C=O) groups excluding carboxylic acids is 1. The number of rotatable bonds is 8. The monoisotopic (exact) mass is 614 g/mol. The van der Waals surface area contributed by atoms with Crippen molar-refractivity contribution in [2.24, 2.45) is 0 Å². The fourth-order valence-electron chi connectivity index (χ4n) is 4.31. The fraction of sp³-hybridized carbons (Fsp3) is 0.345. The van der Waals surface area contributed by atoms with Crippen LogP contribution in [0.4, 0.5) is 10.6 Å². The maximum atomic E-state index is 13.2. The minimum Gasteiger partial charge on any atom is -0.444 e. The van der Waals surface area contributed by atoms with Gasteiger partial charge in [0, 0.05) is 21.3 Å². The number of pyridine rings is 2. The van der Waals surface area contributed by atoms with Crippen LogP contribution in [-0.4, -0.2) is 40.4 Å². The minimum atomic E-state index is -3.67. The summed E-state index contributed by atoms with van der Waals surface area (Å²) in [5.41, 5.74) is 1.83. The maximum Gasteiger partial charge on any atom is 0.413 e. The lowest BCUT2D eigenvalue weighted by atomic mass is 10.0. The smallest absolute Gasteiger partial charge is 0.413 e. The van der Waals surface area contributed by atoms with Gasteiger partial charge < -0.3 is 9.84 Å². The molecule has 3 aromatic heterocycles. The molecule has 41 heavy (non-hydrogen) atoms. The second-order valence-corrected chi connectivity index (χ2v) is 14.5. The van der Waals surface area contributed by atoms with Crippen molar-refractivity contribution in [1.82, 2.24) is 14.7 Å². The Morgan fingerprint density at radius 1 is 1.17 bits per heavy atom. The summed E-state index contributed by atoms with van der Waals surface area (Å²) in [6.45, 7) is 6.95. The number of aliphatic hydroxyl groups is 1. The number of aliphatic hydroxyl groups excluding tert-OH is 1. The molecule has 12 heteroatoms. The van der Waals surface area contributed by atoms with Crippen LogP contribution in [0.1, 0.15) is 68.8 Å². The summed E-state index contributed by atoms with van der Waals surface area (Å²) in [6, 6.07) is 13.5. The van der Waals surface area contributed by atoms with Gasteiger partial charge in [0.15, 0.2) is 0 Å². The van der Waals surface area contributed by atoms with Gasteiger partial charge in [-0.05, 0) is 81.8 Å². The van der Waals surface area contributed by atoms with Crippen LogP contribution in [0, 0.1) is 0 Å². The van der Waals surface area contributed by atoms with Gasteiger partial charge in [-0.15, -0.1) is 11.3 Å². The van der Waals surface area contributed by atoms with Crippen LogP contribution in [0.5, 0.6) is 0 Å². The number of halogens is 1. The van der Waals surface area contributed by atoms with E-state index in [9.17, 15) is 18.3 Å². The van der Waals surface area contributed by atoms with Crippen LogP contribution < -0.4 is 10.0 Å². The number of nitrogens with one attached hydrogen (secondary N) is 2. The minimum absolute atomic E-state index is 0.176. The van der Waals surface area contributed by atoms with Gasteiger partial charge >= 0.3 is 6.09 Å². The lowest BCUT2D eigenvalue weighted by Crippen LogP contribution is -2.32. The first-order valence-corrected chi connectivity index (χ1v) is 15.9. The third-order valence-electron chi connectivity index (χ3n) is 6.41. The van der Waals surface area contributed by atoms with Gasteiger partial charge in [0.1, 0.15) is 11.4 Å². The molecule has 1 fully saturated rings. The highest BCUT2D eigenvalue weighted by atomic mass is 35.5. The van der Waals surface area contributed by atoms with Crippen LogP contribution in [-0.2, 0) is 14.8 Å². The van der Waals surface area contributed by atoms with E-state index in [2.05, 4.69) is 20.0 Å². The van der Waals surface area contributed by atoms with Crippen LogP contribution in [0.15, 0.2) is 54.7 Å². The number of anilines is 1. The van der Waals surface area contributed by atoms with Crippen molar-refractivity contribution in [1.29, 1.82) is 0 Å². The molecule has 3 N–H and O–H groups in total. The lowest BCUT2D eigenvalue weighted by molar-refractivity contribution is 0.0635. The molecule has 9 nitrogen and oxygen atoms in total. The summed E-state index contributed by atoms with van der Waals surface area (Å²) in [5.74, 6) is 0.176. The number of benzene rings is 1. The summed E-state index contributed by atoms with van der Waals surface area (Å²) >= 11 is 8.02. The highest BCUT2D eigenvalue weighted by Gasteiger charge is 2.39. The number of ether oxygens (including phenoxy) is 1. The lowest BCUT2D eigenvalue weighted by Gasteiger charge is -2.21. The van der Waals surface area contributed by atoms with Crippen LogP contribution in [0.2, 0.25) is 5.02 Å². The number of fused-ring (bicyclic) bond motifs is 1. The quantitative estimate of drug-likeness (QED) is 0.204. The molecule has 1 aliphatic carbocycles. The number of carbonyl (C=O) groups is 1. The molecule has 0 bridgehead atoms. The Morgan fingerprint density at radius 2 is 1.93 bits per heavy atom. The molecule has 0 spiro atoms. The van der Waals surface area contributed by atoms with Crippen molar-refractivity contribution in [2.45, 2.75) is 63.5 Å². The molecule has 4 aromatic rings. The van der Waals surface area contributed by atoms with Crippen LogP contribution in [0.25, 0.3) is 21.3 Å². The molecule has 216 valence electrons. The normalized spacial score (nSPS) is 15.5. The van der Waals surface area contributed by atoms with Gasteiger partial charge in [0.2, 0.25) is 10.0 Å². The number of thiophene rings is 1. The second-order valence-electron chi connectivity index (χ2n) is 11.0. The topological polar surface area (TPSA) is 131 Å². The van der Waals surface area contributed by atoms with Crippen LogP contribution >= 0.6 is 22.9 Å². The molecular formula is C29H31ClN4O5S2. The maximum absolute atomic E-state index is 13.2. The van der Waals surface area contributed by atoms with Crippen molar-refractivity contribution in [3.05, 3.63) is 75.9 Å². The van der Waals surface area contributed by atoms with Crippen molar-refractivity contribution in [3.63, 3.8) is 0 Å². The predicted molar refractivity (Wildman–Crippen MR) is 162 cm³/mol. The van der Waals surface area contributed by atoms with Gasteiger partial charge in [-0.1, -0.05) is 29.8 Å². The first-order valence-electron chi connectivity index (χ1n) is 13.1. The van der Waals surface area contributed by atoms with Gasteiger partial charge in [-0.3, -0.25) is 10.3 Å². The number of sulfonamides is 1. The molecule has 1 aromatic carbocycles. The Labute approximate surface area is 248 Å². The molecule has 2 unspecified atom stereocenters. The standard InChI is InChI=1S/C29H31ClN4O5S2/c1-16(35)17-12-13-31-22(14-17)20-7-5-6-18-15-23(40-27(18)20)26(34-41(37,38)19-8-9-19)25-21(30)10-11-24(32-25)33-28(36)39-29(2,3)4/h5-7,10-16,19,26,34-35H,8-9H2,1-4H3,(H,32,33,36). The Hall–Kier alpha value is -3.09. The van der Waals surface area contributed by atoms with E-state index in [0.717, 1.165) is 21.2 Å². The zero-order valence-electron chi connectivity index (χ0n) is 23.0. The summed E-state index contributed by atoms with van der Waals surface area (Å²) in [7, 11) is -3.67. The van der Waals surface area contributed by atoms with Gasteiger partial charge in [-0.2, -0.15) is 0 Å². The molecule has 5 rings (SSSR count). The van der Waals surface area contributed by atoms with Crippen LogP contribution in [0.3, 0.4) is 0 Å². The zero-order chi connectivity index (χ0) is 29.5. The number of amides is 1. The molecule has 1 amide bonds. The molecule has 0 aliphatic heterocycles. The van der Waals surface area contributed by atoms with E-state index in [1.807, 2.05) is 30.3 Å². The Morgan fingerprint density at radius 3 is 2.61 bits per heavy atom. The highest BCUT2D eigenvalue weighted by Crippen LogP contribution is 2.41. The van der Waals surface area contributed by atoms with E-state index in [0.29, 0.717) is 23.4 Å². The Kier molecular flexibility index (Phi) is 8.10. The van der Waals surface area contributed by atoms with E-state index in [-0.39, 0.29) is 16.5 Å². The van der Waals surface area contributed by atoms with E-state index in [1.165, 1.54) is 17.4 Å². The van der Waals surface area contributed by atoms with Crippen molar-refractivity contribution in [2.75, 3.05) is 5.32 Å². The third kappa shape index (κ3) is 6.87. The summed E-state index contributed by atoms with van der Waals surface area (Å²) in [5, 5.41) is 13.4. The molecule has 0 saturated heterocycles. The van der Waals surface area contributed by atoms with Gasteiger partial charge in [-0.25, -0.2) is 22.9 Å². The average molecular weight is 615 g/mol. The zero-order valence-corrected chi connectivity index (χ0v) is 25.4. The van der Waals surface area contributed by atoms with E-state index in [1.54, 1.807) is 46.0 Å². The molecule has 1 aliphatic rings. The fourth-order valence-corrected chi connectivity index (χ4v) is 7.35. The highest BCUT2D eigenvalue weighted by molar-refractivity contribution is 7.90. The summed E-state index contributed by atoms with van der Waals surface area (Å²) in [6.07, 6.45) is 1.50. The van der Waals surface area contributed by atoms with E-state index < -0.39 is 39.1 Å². The first-order chi connectivity index (χ1) is 19.3. The van der Waals surface area contributed by atoms with Crippen molar-refractivity contribution in [3.8, 4) is 11.3 Å². The SMILES string of the molecule is CC(O)c1ccnc(-c2cccc3cc(C(NS(=O)(=O)C4CC4)c4nc(NC(=O)OC(C)(C)C)ccc4Cl)sc23)c1. The van der Waals surface area contributed by atoms with Gasteiger partial charge in [0.25, 0.3) is 0 Å². The van der Waals surface area contributed by atoms with Crippen molar-refractivity contribution < 1.29 is 23.1 Å². The number of nitrogens with zero attached hydrogens (tertiary/aromatic N) is 2. The molecule has 0 radical (unpaired) electrons. The summed E-state index contributed by atoms with van der Waals surface area (Å²) < 4.78 is 35.4. The molecular weight excluding hydrogens is 584 g/mol. The summed E-state index contributed by atoms with van der Waals surface area (Å²) in [4.78, 5) is 22.2. The molecule has 1 saturated carbocycles. The predicted octanol–water partition coefficient (Wildman–Crippen LogP) is 6.58. The molecule has 3 heterocycles. The number of aromatic nitrogens is 2. The number of hydrogen-bond acceptors (Lipinski definition) is 8. The number of hydrogen-bond donors (Lipinski definition) is 3. The largest absolute Gasteiger partial charge is 0.444 e. The molecule has 2 atom stereocenters. The Bertz CT molecular complexity index is 1710. The average Bonchev–Trinajstić information content (AvgIpc) is 3.67.